The zero-order valence-corrected chi connectivity index (χ0v) is 13.1. The average Bonchev–Trinajstić information content (AvgIpc) is 3.01. The molecule has 0 atom stereocenters. The molecule has 0 N–H and O–H groups in total. The SMILES string of the molecule is CCC(=O)C(CCCOc1ccc2c(c1)OCO2)C(=O)CC. The van der Waals surface area contributed by atoms with Crippen LogP contribution in [0.1, 0.15) is 39.5 Å². The van der Waals surface area contributed by atoms with Gasteiger partial charge in [0.25, 0.3) is 0 Å². The van der Waals surface area contributed by atoms with Gasteiger partial charge in [0.15, 0.2) is 11.5 Å². The fraction of sp³-hybridized carbons (Fsp3) is 0.529. The highest BCUT2D eigenvalue weighted by molar-refractivity contribution is 6.02. The van der Waals surface area contributed by atoms with Crippen LogP contribution >= 0.6 is 0 Å². The number of ketones is 2. The van der Waals surface area contributed by atoms with Crippen molar-refractivity contribution in [1.29, 1.82) is 0 Å². The quantitative estimate of drug-likeness (QED) is 0.518. The minimum atomic E-state index is -0.477. The molecule has 2 rings (SSSR count). The van der Waals surface area contributed by atoms with Crippen LogP contribution in [-0.2, 0) is 9.59 Å². The summed E-state index contributed by atoms with van der Waals surface area (Å²) in [7, 11) is 0. The minimum absolute atomic E-state index is 0.0231. The van der Waals surface area contributed by atoms with Crippen LogP contribution in [-0.4, -0.2) is 25.0 Å². The van der Waals surface area contributed by atoms with Gasteiger partial charge in [0.05, 0.1) is 12.5 Å². The number of hydrogen-bond acceptors (Lipinski definition) is 5. The molecule has 1 aromatic carbocycles. The van der Waals surface area contributed by atoms with Crippen molar-refractivity contribution in [1.82, 2.24) is 0 Å². The lowest BCUT2D eigenvalue weighted by atomic mass is 9.91. The standard InChI is InChI=1S/C17H22O5/c1-3-14(18)13(15(19)4-2)6-5-9-20-12-7-8-16-17(10-12)22-11-21-16/h7-8,10,13H,3-6,9,11H2,1-2H3. The maximum atomic E-state index is 11.8. The normalized spacial score (nSPS) is 12.5. The summed E-state index contributed by atoms with van der Waals surface area (Å²) >= 11 is 0. The highest BCUT2D eigenvalue weighted by atomic mass is 16.7. The molecule has 0 saturated heterocycles. The van der Waals surface area contributed by atoms with Gasteiger partial charge in [-0.3, -0.25) is 9.59 Å². The third-order valence-corrected chi connectivity index (χ3v) is 3.72. The molecule has 1 heterocycles. The zero-order valence-electron chi connectivity index (χ0n) is 13.1. The van der Waals surface area contributed by atoms with Crippen LogP contribution in [0.25, 0.3) is 0 Å². The van der Waals surface area contributed by atoms with Crippen LogP contribution in [0.5, 0.6) is 17.2 Å². The molecule has 22 heavy (non-hydrogen) atoms. The molecule has 0 aliphatic carbocycles. The summed E-state index contributed by atoms with van der Waals surface area (Å²) in [4.78, 5) is 23.6. The van der Waals surface area contributed by atoms with Crippen LogP contribution in [0, 0.1) is 5.92 Å². The number of carbonyl (C=O) groups excluding carboxylic acids is 2. The summed E-state index contributed by atoms with van der Waals surface area (Å²) in [6, 6.07) is 5.41. The summed E-state index contributed by atoms with van der Waals surface area (Å²) in [5.74, 6) is 1.66. The fourth-order valence-electron chi connectivity index (χ4n) is 2.44. The van der Waals surface area contributed by atoms with Gasteiger partial charge in [-0.1, -0.05) is 13.8 Å². The number of benzene rings is 1. The highest BCUT2D eigenvalue weighted by Gasteiger charge is 2.23. The molecular formula is C17H22O5. The molecule has 5 heteroatoms. The zero-order chi connectivity index (χ0) is 15.9. The van der Waals surface area contributed by atoms with Crippen LogP contribution in [0.15, 0.2) is 18.2 Å². The Morgan fingerprint density at radius 3 is 2.50 bits per heavy atom. The van der Waals surface area contributed by atoms with Crippen molar-refractivity contribution in [3.05, 3.63) is 18.2 Å². The molecule has 5 nitrogen and oxygen atoms in total. The van der Waals surface area contributed by atoms with E-state index in [4.69, 9.17) is 14.2 Å². The van der Waals surface area contributed by atoms with E-state index in [1.54, 1.807) is 19.9 Å². The Morgan fingerprint density at radius 2 is 1.82 bits per heavy atom. The largest absolute Gasteiger partial charge is 0.493 e. The Labute approximate surface area is 130 Å². The van der Waals surface area contributed by atoms with E-state index >= 15 is 0 Å². The maximum Gasteiger partial charge on any atom is 0.231 e. The second-order valence-corrected chi connectivity index (χ2v) is 5.20. The van der Waals surface area contributed by atoms with Crippen LogP contribution < -0.4 is 14.2 Å². The lowest BCUT2D eigenvalue weighted by Crippen LogP contribution is -2.23. The van der Waals surface area contributed by atoms with E-state index < -0.39 is 5.92 Å². The molecule has 0 saturated carbocycles. The van der Waals surface area contributed by atoms with Crippen LogP contribution in [0.2, 0.25) is 0 Å². The van der Waals surface area contributed by atoms with Crippen molar-refractivity contribution in [2.24, 2.45) is 5.92 Å². The molecule has 0 fully saturated rings. The second kappa shape index (κ2) is 7.82. The maximum absolute atomic E-state index is 11.8. The molecular weight excluding hydrogens is 284 g/mol. The van der Waals surface area contributed by atoms with E-state index in [0.29, 0.717) is 43.8 Å². The second-order valence-electron chi connectivity index (χ2n) is 5.20. The number of fused-ring (bicyclic) bond motifs is 1. The Bertz CT molecular complexity index is 522. The van der Waals surface area contributed by atoms with Gasteiger partial charge in [-0.15, -0.1) is 0 Å². The lowest BCUT2D eigenvalue weighted by Gasteiger charge is -2.13. The Kier molecular flexibility index (Phi) is 5.81. The van der Waals surface area contributed by atoms with E-state index in [0.717, 1.165) is 5.75 Å². The third kappa shape index (κ3) is 4.00. The topological polar surface area (TPSA) is 61.8 Å². The molecule has 0 aromatic heterocycles. The van der Waals surface area contributed by atoms with Gasteiger partial charge in [0.1, 0.15) is 17.3 Å². The average molecular weight is 306 g/mol. The number of hydrogen-bond donors (Lipinski definition) is 0. The Morgan fingerprint density at radius 1 is 1.14 bits per heavy atom. The van der Waals surface area contributed by atoms with E-state index in [1.807, 2.05) is 12.1 Å². The van der Waals surface area contributed by atoms with Gasteiger partial charge in [0, 0.05) is 18.9 Å². The van der Waals surface area contributed by atoms with Crippen LogP contribution in [0.3, 0.4) is 0 Å². The molecule has 0 amide bonds. The van der Waals surface area contributed by atoms with E-state index in [2.05, 4.69) is 0 Å². The van der Waals surface area contributed by atoms with Crippen molar-refractivity contribution >= 4 is 11.6 Å². The van der Waals surface area contributed by atoms with E-state index in [9.17, 15) is 9.59 Å². The molecule has 1 aromatic rings. The minimum Gasteiger partial charge on any atom is -0.493 e. The van der Waals surface area contributed by atoms with Gasteiger partial charge >= 0.3 is 0 Å². The summed E-state index contributed by atoms with van der Waals surface area (Å²) in [6.45, 7) is 4.28. The lowest BCUT2D eigenvalue weighted by molar-refractivity contribution is -0.132. The van der Waals surface area contributed by atoms with Crippen molar-refractivity contribution < 1.29 is 23.8 Å². The van der Waals surface area contributed by atoms with Gasteiger partial charge < -0.3 is 14.2 Å². The molecule has 0 spiro atoms. The van der Waals surface area contributed by atoms with Gasteiger partial charge in [-0.05, 0) is 25.0 Å². The molecule has 1 aliphatic heterocycles. The smallest absolute Gasteiger partial charge is 0.231 e. The molecule has 1 aliphatic rings. The predicted octanol–water partition coefficient (Wildman–Crippen LogP) is 3.15. The van der Waals surface area contributed by atoms with Gasteiger partial charge in [-0.2, -0.15) is 0 Å². The Balaban J connectivity index is 1.80. The predicted molar refractivity (Wildman–Crippen MR) is 81.4 cm³/mol. The van der Waals surface area contributed by atoms with E-state index in [1.165, 1.54) is 0 Å². The first-order valence-corrected chi connectivity index (χ1v) is 7.73. The summed E-state index contributed by atoms with van der Waals surface area (Å²) in [6.07, 6.45) is 2.01. The van der Waals surface area contributed by atoms with Crippen molar-refractivity contribution in [3.8, 4) is 17.2 Å². The first kappa shape index (κ1) is 16.3. The highest BCUT2D eigenvalue weighted by Crippen LogP contribution is 2.35. The Hall–Kier alpha value is -2.04. The van der Waals surface area contributed by atoms with E-state index in [-0.39, 0.29) is 18.4 Å². The number of carbonyl (C=O) groups is 2. The molecule has 120 valence electrons. The molecule has 0 radical (unpaired) electrons. The first-order valence-electron chi connectivity index (χ1n) is 7.73. The summed E-state index contributed by atoms with van der Waals surface area (Å²) < 4.78 is 16.2. The molecule has 0 bridgehead atoms. The number of rotatable bonds is 9. The number of ether oxygens (including phenoxy) is 3. The fourth-order valence-corrected chi connectivity index (χ4v) is 2.44. The summed E-state index contributed by atoms with van der Waals surface area (Å²) in [5.41, 5.74) is 0. The first-order chi connectivity index (χ1) is 10.7. The van der Waals surface area contributed by atoms with Crippen molar-refractivity contribution in [2.45, 2.75) is 39.5 Å². The van der Waals surface area contributed by atoms with Gasteiger partial charge in [-0.25, -0.2) is 0 Å². The third-order valence-electron chi connectivity index (χ3n) is 3.72. The molecule has 0 unspecified atom stereocenters. The van der Waals surface area contributed by atoms with Crippen LogP contribution in [0.4, 0.5) is 0 Å². The number of Topliss-reactive ketones (excluding diaryl/α,β-unsaturated/α-hetero) is 2. The monoisotopic (exact) mass is 306 g/mol. The van der Waals surface area contributed by atoms with Crippen molar-refractivity contribution in [2.75, 3.05) is 13.4 Å². The van der Waals surface area contributed by atoms with Crippen molar-refractivity contribution in [3.63, 3.8) is 0 Å². The van der Waals surface area contributed by atoms with Gasteiger partial charge in [0.2, 0.25) is 6.79 Å². The summed E-state index contributed by atoms with van der Waals surface area (Å²) in [5, 5.41) is 0.